The SMILES string of the molecule is O=C1CCCC=C1C(O)c1ccccc1I. The van der Waals surface area contributed by atoms with Crippen molar-refractivity contribution in [2.24, 2.45) is 0 Å². The maximum Gasteiger partial charge on any atom is 0.161 e. The van der Waals surface area contributed by atoms with Crippen LogP contribution in [0.2, 0.25) is 0 Å². The summed E-state index contributed by atoms with van der Waals surface area (Å²) >= 11 is 2.18. The molecule has 0 aromatic heterocycles. The molecule has 0 amide bonds. The monoisotopic (exact) mass is 328 g/mol. The molecule has 1 aromatic rings. The third-order valence-electron chi connectivity index (χ3n) is 2.79. The summed E-state index contributed by atoms with van der Waals surface area (Å²) in [5.74, 6) is 0.0819. The third kappa shape index (κ3) is 2.35. The van der Waals surface area contributed by atoms with Crippen LogP contribution in [0.4, 0.5) is 0 Å². The largest absolute Gasteiger partial charge is 0.383 e. The van der Waals surface area contributed by atoms with Crippen LogP contribution in [-0.2, 0) is 4.79 Å². The van der Waals surface area contributed by atoms with Crippen LogP contribution in [0.5, 0.6) is 0 Å². The molecule has 0 heterocycles. The molecule has 1 atom stereocenters. The molecule has 1 aliphatic carbocycles. The Morgan fingerprint density at radius 1 is 1.31 bits per heavy atom. The van der Waals surface area contributed by atoms with Gasteiger partial charge < -0.3 is 5.11 Å². The van der Waals surface area contributed by atoms with Crippen LogP contribution in [0.3, 0.4) is 0 Å². The van der Waals surface area contributed by atoms with E-state index in [4.69, 9.17) is 0 Å². The molecule has 0 saturated heterocycles. The van der Waals surface area contributed by atoms with E-state index in [1.54, 1.807) is 0 Å². The Morgan fingerprint density at radius 2 is 2.06 bits per heavy atom. The van der Waals surface area contributed by atoms with E-state index >= 15 is 0 Å². The highest BCUT2D eigenvalue weighted by Gasteiger charge is 2.23. The highest BCUT2D eigenvalue weighted by atomic mass is 127. The van der Waals surface area contributed by atoms with Crippen LogP contribution >= 0.6 is 22.6 Å². The average molecular weight is 328 g/mol. The van der Waals surface area contributed by atoms with E-state index in [-0.39, 0.29) is 5.78 Å². The predicted molar refractivity (Wildman–Crippen MR) is 71.1 cm³/mol. The molecule has 1 unspecified atom stereocenters. The molecule has 0 spiro atoms. The minimum atomic E-state index is -0.763. The fourth-order valence-corrected chi connectivity index (χ4v) is 2.59. The molecule has 3 heteroatoms. The first-order valence-corrected chi connectivity index (χ1v) is 6.44. The molecule has 0 bridgehead atoms. The van der Waals surface area contributed by atoms with Gasteiger partial charge in [-0.15, -0.1) is 0 Å². The van der Waals surface area contributed by atoms with Gasteiger partial charge in [0.25, 0.3) is 0 Å². The summed E-state index contributed by atoms with van der Waals surface area (Å²) in [6, 6.07) is 7.62. The standard InChI is InChI=1S/C13H13IO2/c14-11-7-3-1-5-9(11)13(16)10-6-2-4-8-12(10)15/h1,3,5-7,13,16H,2,4,8H2. The quantitative estimate of drug-likeness (QED) is 0.848. The second-order valence-electron chi connectivity index (χ2n) is 3.90. The molecule has 84 valence electrons. The molecule has 1 aliphatic rings. The van der Waals surface area contributed by atoms with Crippen molar-refractivity contribution < 1.29 is 9.90 Å². The van der Waals surface area contributed by atoms with Crippen molar-refractivity contribution in [3.8, 4) is 0 Å². The van der Waals surface area contributed by atoms with Gasteiger partial charge in [0.1, 0.15) is 6.10 Å². The molecular formula is C13H13IO2. The molecular weight excluding hydrogens is 315 g/mol. The second-order valence-corrected chi connectivity index (χ2v) is 5.06. The number of carbonyl (C=O) groups excluding carboxylic acids is 1. The van der Waals surface area contributed by atoms with Gasteiger partial charge in [0.2, 0.25) is 0 Å². The van der Waals surface area contributed by atoms with E-state index < -0.39 is 6.10 Å². The first-order valence-electron chi connectivity index (χ1n) is 5.36. The summed E-state index contributed by atoms with van der Waals surface area (Å²) < 4.78 is 0.992. The van der Waals surface area contributed by atoms with Crippen molar-refractivity contribution in [2.75, 3.05) is 0 Å². The van der Waals surface area contributed by atoms with Gasteiger partial charge in [-0.3, -0.25) is 4.79 Å². The summed E-state index contributed by atoms with van der Waals surface area (Å²) in [6.45, 7) is 0. The van der Waals surface area contributed by atoms with Crippen LogP contribution in [0.15, 0.2) is 35.9 Å². The first-order chi connectivity index (χ1) is 7.70. The molecule has 0 aliphatic heterocycles. The number of aliphatic hydroxyl groups is 1. The number of hydrogen-bond donors (Lipinski definition) is 1. The highest BCUT2D eigenvalue weighted by molar-refractivity contribution is 14.1. The Hall–Kier alpha value is -0.680. The number of benzene rings is 1. The number of allylic oxidation sites excluding steroid dienone is 1. The van der Waals surface area contributed by atoms with Gasteiger partial charge in [-0.05, 0) is 47.1 Å². The van der Waals surface area contributed by atoms with Crippen LogP contribution in [0.1, 0.15) is 30.9 Å². The van der Waals surface area contributed by atoms with Gasteiger partial charge in [0, 0.05) is 15.6 Å². The van der Waals surface area contributed by atoms with Crippen LogP contribution in [-0.4, -0.2) is 10.9 Å². The normalized spacial score (nSPS) is 18.1. The zero-order valence-electron chi connectivity index (χ0n) is 8.82. The van der Waals surface area contributed by atoms with Crippen LogP contribution in [0.25, 0.3) is 0 Å². The Morgan fingerprint density at radius 3 is 2.75 bits per heavy atom. The summed E-state index contributed by atoms with van der Waals surface area (Å²) in [5.41, 5.74) is 1.39. The maximum atomic E-state index is 11.7. The zero-order chi connectivity index (χ0) is 11.5. The number of carbonyl (C=O) groups is 1. The van der Waals surface area contributed by atoms with E-state index in [1.165, 1.54) is 0 Å². The molecule has 2 nitrogen and oxygen atoms in total. The highest BCUT2D eigenvalue weighted by Crippen LogP contribution is 2.29. The fraction of sp³-hybridized carbons (Fsp3) is 0.308. The van der Waals surface area contributed by atoms with E-state index in [2.05, 4.69) is 22.6 Å². The van der Waals surface area contributed by atoms with E-state index in [1.807, 2.05) is 30.3 Å². The van der Waals surface area contributed by atoms with Gasteiger partial charge in [-0.2, -0.15) is 0 Å². The van der Waals surface area contributed by atoms with E-state index in [0.717, 1.165) is 22.0 Å². The summed E-state index contributed by atoms with van der Waals surface area (Å²) in [5, 5.41) is 10.2. The number of rotatable bonds is 2. The van der Waals surface area contributed by atoms with Crippen molar-refractivity contribution in [2.45, 2.75) is 25.4 Å². The van der Waals surface area contributed by atoms with Crippen molar-refractivity contribution >= 4 is 28.4 Å². The second kappa shape index (κ2) is 5.10. The average Bonchev–Trinajstić information content (AvgIpc) is 2.29. The summed E-state index contributed by atoms with van der Waals surface area (Å²) in [7, 11) is 0. The van der Waals surface area contributed by atoms with Gasteiger partial charge in [-0.25, -0.2) is 0 Å². The van der Waals surface area contributed by atoms with Crippen molar-refractivity contribution in [1.29, 1.82) is 0 Å². The number of halogens is 1. The van der Waals surface area contributed by atoms with Crippen LogP contribution in [0, 0.1) is 3.57 Å². The topological polar surface area (TPSA) is 37.3 Å². The van der Waals surface area contributed by atoms with Crippen molar-refractivity contribution in [1.82, 2.24) is 0 Å². The number of Topliss-reactive ketones (excluding diaryl/α,β-unsaturated/α-hetero) is 1. The Balaban J connectivity index is 2.32. The predicted octanol–water partition coefficient (Wildman–Crippen LogP) is 3.00. The summed E-state index contributed by atoms with van der Waals surface area (Å²) in [4.78, 5) is 11.7. The smallest absolute Gasteiger partial charge is 0.161 e. The fourth-order valence-electron chi connectivity index (χ4n) is 1.91. The third-order valence-corrected chi connectivity index (χ3v) is 3.77. The van der Waals surface area contributed by atoms with Gasteiger partial charge >= 0.3 is 0 Å². The molecule has 0 fully saturated rings. The van der Waals surface area contributed by atoms with Gasteiger partial charge in [-0.1, -0.05) is 24.3 Å². The lowest BCUT2D eigenvalue weighted by molar-refractivity contribution is -0.117. The minimum Gasteiger partial charge on any atom is -0.383 e. The molecule has 2 rings (SSSR count). The Bertz CT molecular complexity index is 437. The summed E-state index contributed by atoms with van der Waals surface area (Å²) in [6.07, 6.45) is 3.47. The molecule has 16 heavy (non-hydrogen) atoms. The Kier molecular flexibility index (Phi) is 3.76. The molecule has 1 N–H and O–H groups in total. The molecule has 0 radical (unpaired) electrons. The zero-order valence-corrected chi connectivity index (χ0v) is 11.0. The van der Waals surface area contributed by atoms with Crippen molar-refractivity contribution in [3.05, 3.63) is 45.0 Å². The molecule has 1 aromatic carbocycles. The van der Waals surface area contributed by atoms with Gasteiger partial charge in [0.15, 0.2) is 5.78 Å². The lowest BCUT2D eigenvalue weighted by Crippen LogP contribution is -2.15. The van der Waals surface area contributed by atoms with E-state index in [9.17, 15) is 9.90 Å². The number of ketones is 1. The van der Waals surface area contributed by atoms with Crippen molar-refractivity contribution in [3.63, 3.8) is 0 Å². The molecule has 0 saturated carbocycles. The Labute approximate surface area is 109 Å². The lowest BCUT2D eigenvalue weighted by atomic mass is 9.91. The van der Waals surface area contributed by atoms with Crippen LogP contribution < -0.4 is 0 Å². The van der Waals surface area contributed by atoms with E-state index in [0.29, 0.717) is 12.0 Å². The lowest BCUT2D eigenvalue weighted by Gasteiger charge is -2.18. The maximum absolute atomic E-state index is 11.7. The first kappa shape index (κ1) is 11.8. The number of aliphatic hydroxyl groups excluding tert-OH is 1. The van der Waals surface area contributed by atoms with Gasteiger partial charge in [0.05, 0.1) is 0 Å². The minimum absolute atomic E-state index is 0.0819. The number of hydrogen-bond acceptors (Lipinski definition) is 2.